The number of fused-ring (bicyclic) bond motifs is 3. The first kappa shape index (κ1) is 23.3. The normalized spacial score (nSPS) is 18.1. The van der Waals surface area contributed by atoms with Gasteiger partial charge in [0.15, 0.2) is 9.84 Å². The zero-order valence-corrected chi connectivity index (χ0v) is 20.0. The third-order valence-electron chi connectivity index (χ3n) is 6.37. The van der Waals surface area contributed by atoms with E-state index in [0.29, 0.717) is 42.7 Å². The maximum absolute atomic E-state index is 13.6. The van der Waals surface area contributed by atoms with Crippen molar-refractivity contribution in [1.29, 1.82) is 0 Å². The summed E-state index contributed by atoms with van der Waals surface area (Å²) in [5, 5.41) is 8.57. The minimum absolute atomic E-state index is 0.0198. The molecule has 0 bridgehead atoms. The first-order valence-corrected chi connectivity index (χ1v) is 12.8. The van der Waals surface area contributed by atoms with Crippen LogP contribution in [0.4, 0.5) is 0 Å². The van der Waals surface area contributed by atoms with Crippen LogP contribution in [0.5, 0.6) is 5.75 Å². The zero-order chi connectivity index (χ0) is 24.9. The standard InChI is InChI=1S/C24H24N2O8S/c1-13-15-10-18(24(28)29)23(27)26(14-4-5-14)21(15)17-11-16(22-25-6-9-34-22)19(33-8-3-7-32-2)12-20(17)35(13,30)31/h6,9-14H,3-5,7-8H2,1-2H3,(H,28,29). The molecule has 0 amide bonds. The van der Waals surface area contributed by atoms with Crippen LogP contribution in [0.3, 0.4) is 0 Å². The number of sulfone groups is 1. The number of oxazole rings is 1. The molecule has 184 valence electrons. The monoisotopic (exact) mass is 500 g/mol. The van der Waals surface area contributed by atoms with E-state index in [1.807, 2.05) is 0 Å². The number of methoxy groups -OCH3 is 1. The zero-order valence-electron chi connectivity index (χ0n) is 19.2. The molecule has 3 heterocycles. The van der Waals surface area contributed by atoms with Crippen molar-refractivity contribution in [2.45, 2.75) is 42.4 Å². The summed E-state index contributed by atoms with van der Waals surface area (Å²) in [6.45, 7) is 2.26. The summed E-state index contributed by atoms with van der Waals surface area (Å²) < 4.78 is 45.1. The molecule has 11 heteroatoms. The van der Waals surface area contributed by atoms with Gasteiger partial charge in [0.2, 0.25) is 5.89 Å². The summed E-state index contributed by atoms with van der Waals surface area (Å²) in [6.07, 6.45) is 4.87. The van der Waals surface area contributed by atoms with Crippen molar-refractivity contribution in [2.24, 2.45) is 0 Å². The molecular weight excluding hydrogens is 476 g/mol. The van der Waals surface area contributed by atoms with Crippen LogP contribution in [-0.4, -0.2) is 49.4 Å². The number of hydrogen-bond donors (Lipinski definition) is 1. The van der Waals surface area contributed by atoms with Gasteiger partial charge in [-0.15, -0.1) is 0 Å². The molecule has 1 unspecified atom stereocenters. The number of carboxylic acids is 1. The van der Waals surface area contributed by atoms with E-state index in [2.05, 4.69) is 4.98 Å². The van der Waals surface area contributed by atoms with E-state index < -0.39 is 32.2 Å². The van der Waals surface area contributed by atoms with Crippen molar-refractivity contribution in [1.82, 2.24) is 9.55 Å². The molecule has 10 nitrogen and oxygen atoms in total. The molecule has 1 atom stereocenters. The SMILES string of the molecule is COCCCOc1cc2c(cc1-c1ncco1)-c1c(cc(C(=O)O)c(=O)n1C1CC1)C(C)S2(=O)=O. The van der Waals surface area contributed by atoms with Crippen LogP contribution in [-0.2, 0) is 14.6 Å². The van der Waals surface area contributed by atoms with Crippen molar-refractivity contribution in [3.8, 4) is 28.5 Å². The second-order valence-electron chi connectivity index (χ2n) is 8.64. The van der Waals surface area contributed by atoms with Crippen LogP contribution in [0.2, 0.25) is 0 Å². The molecule has 1 fully saturated rings. The summed E-state index contributed by atoms with van der Waals surface area (Å²) in [6, 6.07) is 4.06. The Morgan fingerprint density at radius 2 is 2.00 bits per heavy atom. The predicted octanol–water partition coefficient (Wildman–Crippen LogP) is 3.47. The molecule has 2 aromatic heterocycles. The van der Waals surface area contributed by atoms with Crippen molar-refractivity contribution < 1.29 is 32.2 Å². The Morgan fingerprint density at radius 3 is 2.63 bits per heavy atom. The third-order valence-corrected chi connectivity index (χ3v) is 8.50. The fraction of sp³-hybridized carbons (Fsp3) is 0.375. The first-order chi connectivity index (χ1) is 16.8. The van der Waals surface area contributed by atoms with E-state index >= 15 is 0 Å². The lowest BCUT2D eigenvalue weighted by Crippen LogP contribution is -2.31. The van der Waals surface area contributed by atoms with E-state index in [1.165, 1.54) is 36.1 Å². The highest BCUT2D eigenvalue weighted by Gasteiger charge is 2.41. The molecule has 1 aromatic carbocycles. The van der Waals surface area contributed by atoms with Crippen molar-refractivity contribution in [3.05, 3.63) is 52.1 Å². The molecule has 1 aliphatic heterocycles. The van der Waals surface area contributed by atoms with Crippen molar-refractivity contribution >= 4 is 15.8 Å². The third kappa shape index (κ3) is 3.84. The average molecular weight is 501 g/mol. The van der Waals surface area contributed by atoms with Crippen LogP contribution in [0, 0.1) is 0 Å². The predicted molar refractivity (Wildman–Crippen MR) is 124 cm³/mol. The Labute approximate surface area is 201 Å². The smallest absolute Gasteiger partial charge is 0.341 e. The molecule has 0 spiro atoms. The number of carboxylic acid groups (broad SMARTS) is 1. The molecule has 0 saturated heterocycles. The largest absolute Gasteiger partial charge is 0.493 e. The highest BCUT2D eigenvalue weighted by Crippen LogP contribution is 2.50. The summed E-state index contributed by atoms with van der Waals surface area (Å²) >= 11 is 0. The van der Waals surface area contributed by atoms with Gasteiger partial charge in [-0.3, -0.25) is 4.79 Å². The van der Waals surface area contributed by atoms with Gasteiger partial charge in [0.25, 0.3) is 5.56 Å². The number of pyridine rings is 1. The average Bonchev–Trinajstić information content (AvgIpc) is 3.51. The van der Waals surface area contributed by atoms with E-state index in [4.69, 9.17) is 13.9 Å². The Balaban J connectivity index is 1.80. The molecule has 1 aliphatic carbocycles. The molecule has 1 N–H and O–H groups in total. The summed E-state index contributed by atoms with van der Waals surface area (Å²) in [5.74, 6) is -0.874. The van der Waals surface area contributed by atoms with E-state index in [1.54, 1.807) is 13.2 Å². The molecule has 35 heavy (non-hydrogen) atoms. The number of carbonyl (C=O) groups is 1. The van der Waals surface area contributed by atoms with Crippen LogP contribution in [0.15, 0.2) is 44.8 Å². The second kappa shape index (κ2) is 8.65. The minimum Gasteiger partial charge on any atom is -0.493 e. The summed E-state index contributed by atoms with van der Waals surface area (Å²) in [5.41, 5.74) is 0.350. The van der Waals surface area contributed by atoms with E-state index in [-0.39, 0.29) is 34.7 Å². The van der Waals surface area contributed by atoms with Crippen LogP contribution < -0.4 is 10.3 Å². The lowest BCUT2D eigenvalue weighted by Gasteiger charge is -2.29. The maximum Gasteiger partial charge on any atom is 0.341 e. The quantitative estimate of drug-likeness (QED) is 0.461. The number of nitrogens with zero attached hydrogens (tertiary/aromatic N) is 2. The Hall–Kier alpha value is -3.44. The number of aromatic carboxylic acids is 1. The van der Waals surface area contributed by atoms with Gasteiger partial charge in [0.05, 0.1) is 34.2 Å². The number of rotatable bonds is 8. The van der Waals surface area contributed by atoms with Crippen LogP contribution >= 0.6 is 0 Å². The molecule has 3 aromatic rings. The lowest BCUT2D eigenvalue weighted by molar-refractivity contribution is 0.0694. The van der Waals surface area contributed by atoms with Crippen molar-refractivity contribution in [2.75, 3.05) is 20.3 Å². The summed E-state index contributed by atoms with van der Waals surface area (Å²) in [7, 11) is -2.34. The fourth-order valence-corrected chi connectivity index (χ4v) is 6.08. The first-order valence-electron chi connectivity index (χ1n) is 11.2. The maximum atomic E-state index is 13.6. The van der Waals surface area contributed by atoms with E-state index in [0.717, 1.165) is 0 Å². The molecule has 5 rings (SSSR count). The van der Waals surface area contributed by atoms with Gasteiger partial charge in [0.1, 0.15) is 17.6 Å². The molecule has 0 radical (unpaired) electrons. The van der Waals surface area contributed by atoms with Crippen molar-refractivity contribution in [3.63, 3.8) is 0 Å². The van der Waals surface area contributed by atoms with Gasteiger partial charge >= 0.3 is 5.97 Å². The van der Waals surface area contributed by atoms with Crippen LogP contribution in [0.25, 0.3) is 22.7 Å². The Morgan fingerprint density at radius 1 is 1.23 bits per heavy atom. The van der Waals surface area contributed by atoms with Gasteiger partial charge < -0.3 is 23.6 Å². The fourth-order valence-electron chi connectivity index (χ4n) is 4.45. The highest BCUT2D eigenvalue weighted by molar-refractivity contribution is 7.92. The number of hydrogen-bond acceptors (Lipinski definition) is 8. The van der Waals surface area contributed by atoms with Gasteiger partial charge in [-0.25, -0.2) is 18.2 Å². The number of benzene rings is 1. The molecular formula is C24H24N2O8S. The van der Waals surface area contributed by atoms with E-state index in [9.17, 15) is 23.1 Å². The Kier molecular flexibility index (Phi) is 5.76. The Bertz CT molecular complexity index is 1470. The van der Waals surface area contributed by atoms with Gasteiger partial charge in [-0.1, -0.05) is 0 Å². The van der Waals surface area contributed by atoms with Gasteiger partial charge in [-0.05, 0) is 37.5 Å². The molecule has 1 saturated carbocycles. The van der Waals surface area contributed by atoms with Gasteiger partial charge in [0, 0.05) is 37.8 Å². The lowest BCUT2D eigenvalue weighted by atomic mass is 9.97. The summed E-state index contributed by atoms with van der Waals surface area (Å²) in [4.78, 5) is 29.2. The number of aromatic nitrogens is 2. The van der Waals surface area contributed by atoms with Crippen LogP contribution in [0.1, 0.15) is 53.4 Å². The second-order valence-corrected chi connectivity index (χ2v) is 10.9. The molecule has 2 aliphatic rings. The highest BCUT2D eigenvalue weighted by atomic mass is 32.2. The van der Waals surface area contributed by atoms with Gasteiger partial charge in [-0.2, -0.15) is 0 Å². The number of ether oxygens (including phenoxy) is 2. The minimum atomic E-state index is -3.92. The topological polar surface area (TPSA) is 138 Å².